The van der Waals surface area contributed by atoms with Gasteiger partial charge >= 0.3 is 12.2 Å². The van der Waals surface area contributed by atoms with E-state index in [1.165, 1.54) is 6.07 Å². The zero-order valence-corrected chi connectivity index (χ0v) is 12.2. The van der Waals surface area contributed by atoms with Crippen molar-refractivity contribution in [3.05, 3.63) is 58.6 Å². The third-order valence-corrected chi connectivity index (χ3v) is 3.16. The molecule has 0 saturated carbocycles. The van der Waals surface area contributed by atoms with Crippen LogP contribution in [0.4, 0.5) is 29.3 Å². The molecule has 0 saturated heterocycles. The maximum Gasteiger partial charge on any atom is 0.418 e. The fourth-order valence-electron chi connectivity index (χ4n) is 1.85. The van der Waals surface area contributed by atoms with E-state index in [1.54, 1.807) is 31.2 Å². The molecule has 3 nitrogen and oxygen atoms in total. The molecular weight excluding hydrogens is 317 g/mol. The van der Waals surface area contributed by atoms with Crippen LogP contribution in [0.5, 0.6) is 0 Å². The number of para-hydroxylation sites is 1. The Hall–Kier alpha value is -2.21. The molecule has 116 valence electrons. The summed E-state index contributed by atoms with van der Waals surface area (Å²) >= 11 is 5.58. The first-order chi connectivity index (χ1) is 10.3. The summed E-state index contributed by atoms with van der Waals surface area (Å²) < 4.78 is 38.8. The molecule has 2 amide bonds. The molecule has 0 aliphatic carbocycles. The molecule has 0 heterocycles. The zero-order valence-electron chi connectivity index (χ0n) is 11.5. The highest BCUT2D eigenvalue weighted by atomic mass is 35.5. The van der Waals surface area contributed by atoms with E-state index in [-0.39, 0.29) is 10.7 Å². The lowest BCUT2D eigenvalue weighted by atomic mass is 10.1. The standard InChI is InChI=1S/C15H12ClF3N2O/c1-9-4-2-3-5-12(9)20-14(22)21-13-7-6-10(16)8-11(13)15(17,18)19/h2-8H,1H3,(H2,20,21,22). The molecule has 0 radical (unpaired) electrons. The number of hydrogen-bond donors (Lipinski definition) is 2. The number of hydrogen-bond acceptors (Lipinski definition) is 1. The average Bonchev–Trinajstić information content (AvgIpc) is 2.42. The van der Waals surface area contributed by atoms with Gasteiger partial charge in [-0.2, -0.15) is 13.2 Å². The largest absolute Gasteiger partial charge is 0.418 e. The molecule has 2 aromatic carbocycles. The minimum absolute atomic E-state index is 0.0582. The van der Waals surface area contributed by atoms with E-state index in [9.17, 15) is 18.0 Å². The van der Waals surface area contributed by atoms with E-state index >= 15 is 0 Å². The summed E-state index contributed by atoms with van der Waals surface area (Å²) in [5.74, 6) is 0. The first kappa shape index (κ1) is 16.2. The fourth-order valence-corrected chi connectivity index (χ4v) is 2.02. The lowest BCUT2D eigenvalue weighted by molar-refractivity contribution is -0.136. The Morgan fingerprint density at radius 1 is 1.05 bits per heavy atom. The van der Waals surface area contributed by atoms with Gasteiger partial charge in [-0.3, -0.25) is 0 Å². The van der Waals surface area contributed by atoms with Gasteiger partial charge in [0, 0.05) is 10.7 Å². The topological polar surface area (TPSA) is 41.1 Å². The van der Waals surface area contributed by atoms with E-state index in [0.29, 0.717) is 5.69 Å². The highest BCUT2D eigenvalue weighted by molar-refractivity contribution is 6.30. The second-order valence-corrected chi connectivity index (χ2v) is 5.02. The molecule has 0 atom stereocenters. The van der Waals surface area contributed by atoms with Crippen LogP contribution in [0.1, 0.15) is 11.1 Å². The number of nitrogens with one attached hydrogen (secondary N) is 2. The lowest BCUT2D eigenvalue weighted by Gasteiger charge is -2.15. The van der Waals surface area contributed by atoms with Gasteiger partial charge in [0.15, 0.2) is 0 Å². The molecule has 0 aromatic heterocycles. The Labute approximate surface area is 130 Å². The average molecular weight is 329 g/mol. The van der Waals surface area contributed by atoms with Crippen molar-refractivity contribution in [2.24, 2.45) is 0 Å². The van der Waals surface area contributed by atoms with Crippen LogP contribution in [0.15, 0.2) is 42.5 Å². The van der Waals surface area contributed by atoms with Gasteiger partial charge in [0.25, 0.3) is 0 Å². The Balaban J connectivity index is 2.21. The maximum absolute atomic E-state index is 12.9. The number of urea groups is 1. The number of amides is 2. The number of benzene rings is 2. The van der Waals surface area contributed by atoms with Gasteiger partial charge < -0.3 is 10.6 Å². The lowest BCUT2D eigenvalue weighted by Crippen LogP contribution is -2.22. The Morgan fingerprint density at radius 2 is 1.68 bits per heavy atom. The van der Waals surface area contributed by atoms with Crippen LogP contribution >= 0.6 is 11.6 Å². The third-order valence-electron chi connectivity index (χ3n) is 2.93. The first-order valence-electron chi connectivity index (χ1n) is 6.28. The monoisotopic (exact) mass is 328 g/mol. The summed E-state index contributed by atoms with van der Waals surface area (Å²) in [4.78, 5) is 11.9. The summed E-state index contributed by atoms with van der Waals surface area (Å²) in [5.41, 5.74) is -0.0461. The molecule has 2 N–H and O–H groups in total. The van der Waals surface area contributed by atoms with Gasteiger partial charge in [-0.25, -0.2) is 4.79 Å². The van der Waals surface area contributed by atoms with Crippen LogP contribution in [0.3, 0.4) is 0 Å². The maximum atomic E-state index is 12.9. The van der Waals surface area contributed by atoms with Gasteiger partial charge in [0.2, 0.25) is 0 Å². The summed E-state index contributed by atoms with van der Waals surface area (Å²) in [5, 5.41) is 4.63. The number of aryl methyl sites for hydroxylation is 1. The van der Waals surface area contributed by atoms with E-state index < -0.39 is 17.8 Å². The van der Waals surface area contributed by atoms with E-state index in [1.807, 2.05) is 0 Å². The number of rotatable bonds is 2. The van der Waals surface area contributed by atoms with Crippen LogP contribution in [-0.2, 0) is 6.18 Å². The van der Waals surface area contributed by atoms with E-state index in [2.05, 4.69) is 10.6 Å². The first-order valence-corrected chi connectivity index (χ1v) is 6.65. The van der Waals surface area contributed by atoms with Gasteiger partial charge in [-0.05, 0) is 36.8 Å². The molecule has 7 heteroatoms. The highest BCUT2D eigenvalue weighted by Gasteiger charge is 2.34. The van der Waals surface area contributed by atoms with Crippen molar-refractivity contribution in [2.45, 2.75) is 13.1 Å². The highest BCUT2D eigenvalue weighted by Crippen LogP contribution is 2.36. The van der Waals surface area contributed by atoms with Crippen LogP contribution in [-0.4, -0.2) is 6.03 Å². The van der Waals surface area contributed by atoms with Gasteiger partial charge in [0.05, 0.1) is 11.3 Å². The number of carbonyl (C=O) groups is 1. The molecule has 0 unspecified atom stereocenters. The normalized spacial score (nSPS) is 11.1. The summed E-state index contributed by atoms with van der Waals surface area (Å²) in [7, 11) is 0. The van der Waals surface area contributed by atoms with Gasteiger partial charge in [-0.1, -0.05) is 29.8 Å². The Morgan fingerprint density at radius 3 is 2.32 bits per heavy atom. The van der Waals surface area contributed by atoms with Crippen molar-refractivity contribution in [3.63, 3.8) is 0 Å². The van der Waals surface area contributed by atoms with Crippen LogP contribution < -0.4 is 10.6 Å². The van der Waals surface area contributed by atoms with Crippen molar-refractivity contribution in [2.75, 3.05) is 10.6 Å². The van der Waals surface area contributed by atoms with Crippen molar-refractivity contribution in [1.29, 1.82) is 0 Å². The SMILES string of the molecule is Cc1ccccc1NC(=O)Nc1ccc(Cl)cc1C(F)(F)F. The Bertz CT molecular complexity index is 701. The van der Waals surface area contributed by atoms with Crippen LogP contribution in [0, 0.1) is 6.92 Å². The van der Waals surface area contributed by atoms with Crippen LogP contribution in [0.25, 0.3) is 0 Å². The summed E-state index contributed by atoms with van der Waals surface area (Å²) in [6.45, 7) is 1.78. The molecular formula is C15H12ClF3N2O. The molecule has 0 spiro atoms. The van der Waals surface area contributed by atoms with Crippen molar-refractivity contribution >= 4 is 29.0 Å². The minimum atomic E-state index is -4.61. The minimum Gasteiger partial charge on any atom is -0.307 e. The number of anilines is 2. The zero-order chi connectivity index (χ0) is 16.3. The predicted molar refractivity (Wildman–Crippen MR) is 80.3 cm³/mol. The third kappa shape index (κ3) is 3.92. The van der Waals surface area contributed by atoms with Crippen molar-refractivity contribution < 1.29 is 18.0 Å². The van der Waals surface area contributed by atoms with Crippen molar-refractivity contribution in [3.8, 4) is 0 Å². The molecule has 0 aliphatic heterocycles. The number of halogens is 4. The number of carbonyl (C=O) groups excluding carboxylic acids is 1. The molecule has 2 aromatic rings. The van der Waals surface area contributed by atoms with Gasteiger partial charge in [-0.15, -0.1) is 0 Å². The quantitative estimate of drug-likeness (QED) is 0.770. The van der Waals surface area contributed by atoms with Gasteiger partial charge in [0.1, 0.15) is 0 Å². The molecule has 0 bridgehead atoms. The van der Waals surface area contributed by atoms with E-state index in [0.717, 1.165) is 17.7 Å². The molecule has 2 rings (SSSR count). The smallest absolute Gasteiger partial charge is 0.307 e. The molecule has 0 aliphatic rings. The molecule has 22 heavy (non-hydrogen) atoms. The summed E-state index contributed by atoms with van der Waals surface area (Å²) in [6, 6.07) is 9.33. The van der Waals surface area contributed by atoms with Crippen LogP contribution in [0.2, 0.25) is 5.02 Å². The Kier molecular flexibility index (Phi) is 4.61. The fraction of sp³-hybridized carbons (Fsp3) is 0.133. The second-order valence-electron chi connectivity index (χ2n) is 4.58. The number of alkyl halides is 3. The predicted octanol–water partition coefficient (Wildman–Crippen LogP) is 5.31. The second kappa shape index (κ2) is 6.27. The van der Waals surface area contributed by atoms with Crippen molar-refractivity contribution in [1.82, 2.24) is 0 Å². The molecule has 0 fully saturated rings. The summed E-state index contributed by atoms with van der Waals surface area (Å²) in [6.07, 6.45) is -4.61. The van der Waals surface area contributed by atoms with E-state index in [4.69, 9.17) is 11.6 Å².